The van der Waals surface area contributed by atoms with E-state index in [-0.39, 0.29) is 23.9 Å². The molecule has 6 aromatic rings. The van der Waals surface area contributed by atoms with Crippen LogP contribution in [0.1, 0.15) is 5.56 Å². The highest BCUT2D eigenvalue weighted by Crippen LogP contribution is 2.33. The highest BCUT2D eigenvalue weighted by molar-refractivity contribution is 5.92. The van der Waals surface area contributed by atoms with E-state index in [1.807, 2.05) is 48.5 Å². The minimum absolute atomic E-state index is 0.205. The maximum absolute atomic E-state index is 13.6. The number of fused-ring (bicyclic) bond motifs is 2. The SMILES string of the molecule is COc1cccc2oc(-c3nc4ccccc4c(=O)n3N=Cc3ccccc3OCC(=O)Nc3ccccc3)cc12. The molecule has 0 fully saturated rings. The molecule has 0 atom stereocenters. The lowest BCUT2D eigenvalue weighted by molar-refractivity contribution is -0.118. The number of nitrogens with one attached hydrogen (secondary N) is 1. The van der Waals surface area contributed by atoms with Gasteiger partial charge in [0.15, 0.2) is 12.4 Å². The van der Waals surface area contributed by atoms with Crippen LogP contribution in [0.15, 0.2) is 117 Å². The molecule has 0 aliphatic rings. The second-order valence-electron chi connectivity index (χ2n) is 9.04. The van der Waals surface area contributed by atoms with Gasteiger partial charge in [0.25, 0.3) is 11.5 Å². The topological polar surface area (TPSA) is 108 Å². The van der Waals surface area contributed by atoms with E-state index in [0.717, 1.165) is 5.39 Å². The Labute approximate surface area is 234 Å². The number of amides is 1. The largest absolute Gasteiger partial charge is 0.496 e. The number of nitrogens with zero attached hydrogens (tertiary/aromatic N) is 3. The molecule has 0 radical (unpaired) electrons. The molecule has 0 unspecified atom stereocenters. The third-order valence-corrected chi connectivity index (χ3v) is 6.36. The van der Waals surface area contributed by atoms with Gasteiger partial charge in [-0.25, -0.2) is 4.98 Å². The van der Waals surface area contributed by atoms with E-state index in [1.165, 1.54) is 10.9 Å². The van der Waals surface area contributed by atoms with E-state index >= 15 is 0 Å². The molecule has 9 heteroatoms. The number of para-hydroxylation sites is 3. The molecule has 6 rings (SSSR count). The zero-order valence-electron chi connectivity index (χ0n) is 22.0. The fourth-order valence-corrected chi connectivity index (χ4v) is 4.41. The van der Waals surface area contributed by atoms with Gasteiger partial charge >= 0.3 is 0 Å². The van der Waals surface area contributed by atoms with Crippen molar-refractivity contribution in [2.24, 2.45) is 5.10 Å². The highest BCUT2D eigenvalue weighted by atomic mass is 16.5. The van der Waals surface area contributed by atoms with Crippen molar-refractivity contribution in [1.29, 1.82) is 0 Å². The molecule has 0 aliphatic carbocycles. The van der Waals surface area contributed by atoms with Crippen LogP contribution in [-0.4, -0.2) is 35.5 Å². The lowest BCUT2D eigenvalue weighted by Gasteiger charge is -2.10. The van der Waals surface area contributed by atoms with Gasteiger partial charge in [-0.15, -0.1) is 0 Å². The number of carbonyl (C=O) groups excluding carboxylic acids is 1. The van der Waals surface area contributed by atoms with Crippen LogP contribution in [0.5, 0.6) is 11.5 Å². The number of anilines is 1. The lowest BCUT2D eigenvalue weighted by atomic mass is 10.2. The van der Waals surface area contributed by atoms with Crippen molar-refractivity contribution in [2.75, 3.05) is 19.0 Å². The van der Waals surface area contributed by atoms with Gasteiger partial charge in [-0.05, 0) is 54.6 Å². The maximum atomic E-state index is 13.6. The van der Waals surface area contributed by atoms with Crippen LogP contribution in [0, 0.1) is 0 Å². The minimum Gasteiger partial charge on any atom is -0.496 e. The fourth-order valence-electron chi connectivity index (χ4n) is 4.41. The Morgan fingerprint density at radius 3 is 2.54 bits per heavy atom. The summed E-state index contributed by atoms with van der Waals surface area (Å²) in [4.78, 5) is 30.8. The molecule has 0 aliphatic heterocycles. The van der Waals surface area contributed by atoms with Gasteiger partial charge in [0, 0.05) is 11.3 Å². The summed E-state index contributed by atoms with van der Waals surface area (Å²) in [5.41, 5.74) is 1.98. The average Bonchev–Trinajstić information content (AvgIpc) is 3.45. The van der Waals surface area contributed by atoms with Crippen molar-refractivity contribution >= 4 is 39.7 Å². The van der Waals surface area contributed by atoms with E-state index in [4.69, 9.17) is 18.9 Å². The summed E-state index contributed by atoms with van der Waals surface area (Å²) >= 11 is 0. The lowest BCUT2D eigenvalue weighted by Crippen LogP contribution is -2.21. The summed E-state index contributed by atoms with van der Waals surface area (Å²) in [5.74, 6) is 1.34. The number of furan rings is 1. The molecule has 0 spiro atoms. The average molecular weight is 545 g/mol. The van der Waals surface area contributed by atoms with E-state index in [9.17, 15) is 9.59 Å². The standard InChI is InChI=1S/C32H24N4O5/c1-39-27-16-9-17-28-24(27)18-29(41-28)31-35-25-14-7-6-13-23(25)32(38)36(31)33-19-21-10-5-8-15-26(21)40-20-30(37)34-22-11-3-2-4-12-22/h2-19H,20H2,1H3,(H,34,37). The predicted molar refractivity (Wildman–Crippen MR) is 158 cm³/mol. The van der Waals surface area contributed by atoms with Crippen molar-refractivity contribution in [1.82, 2.24) is 9.66 Å². The van der Waals surface area contributed by atoms with Gasteiger partial charge in [0.05, 0.1) is 29.6 Å². The molecule has 1 amide bonds. The van der Waals surface area contributed by atoms with Crippen molar-refractivity contribution < 1.29 is 18.7 Å². The summed E-state index contributed by atoms with van der Waals surface area (Å²) in [5, 5.41) is 8.46. The normalized spacial score (nSPS) is 11.2. The molecule has 4 aromatic carbocycles. The van der Waals surface area contributed by atoms with Gasteiger partial charge in [0.1, 0.15) is 17.1 Å². The van der Waals surface area contributed by atoms with Gasteiger partial charge in [-0.1, -0.05) is 48.5 Å². The predicted octanol–water partition coefficient (Wildman–Crippen LogP) is 5.72. The first-order valence-electron chi connectivity index (χ1n) is 12.8. The Bertz CT molecular complexity index is 1960. The van der Waals surface area contributed by atoms with E-state index in [1.54, 1.807) is 61.7 Å². The van der Waals surface area contributed by atoms with Crippen molar-refractivity contribution in [3.05, 3.63) is 119 Å². The summed E-state index contributed by atoms with van der Waals surface area (Å²) in [6.45, 7) is -0.205. The van der Waals surface area contributed by atoms with Gasteiger partial charge in [-0.3, -0.25) is 9.59 Å². The van der Waals surface area contributed by atoms with Crippen molar-refractivity contribution in [3.8, 4) is 23.1 Å². The Kier molecular flexibility index (Phi) is 6.98. The number of hydrogen-bond acceptors (Lipinski definition) is 7. The number of rotatable bonds is 8. The number of ether oxygens (including phenoxy) is 2. The number of hydrogen-bond donors (Lipinski definition) is 1. The van der Waals surface area contributed by atoms with E-state index < -0.39 is 0 Å². The van der Waals surface area contributed by atoms with Gasteiger partial charge < -0.3 is 19.2 Å². The molecule has 41 heavy (non-hydrogen) atoms. The maximum Gasteiger partial charge on any atom is 0.282 e. The minimum atomic E-state index is -0.366. The van der Waals surface area contributed by atoms with Crippen LogP contribution in [0.2, 0.25) is 0 Å². The van der Waals surface area contributed by atoms with Crippen molar-refractivity contribution in [3.63, 3.8) is 0 Å². The van der Waals surface area contributed by atoms with Crippen LogP contribution >= 0.6 is 0 Å². The number of methoxy groups -OCH3 is 1. The van der Waals surface area contributed by atoms with Crippen LogP contribution in [0.25, 0.3) is 33.5 Å². The van der Waals surface area contributed by atoms with Gasteiger partial charge in [0.2, 0.25) is 5.82 Å². The zero-order chi connectivity index (χ0) is 28.2. The molecule has 0 saturated carbocycles. The Balaban J connectivity index is 1.36. The Morgan fingerprint density at radius 2 is 1.68 bits per heavy atom. The summed E-state index contributed by atoms with van der Waals surface area (Å²) in [7, 11) is 1.58. The third-order valence-electron chi connectivity index (χ3n) is 6.36. The summed E-state index contributed by atoms with van der Waals surface area (Å²) in [6.07, 6.45) is 1.50. The van der Waals surface area contributed by atoms with Crippen LogP contribution in [-0.2, 0) is 4.79 Å². The summed E-state index contributed by atoms with van der Waals surface area (Å²) in [6, 6.07) is 30.5. The first kappa shape index (κ1) is 25.6. The Morgan fingerprint density at radius 1 is 0.927 bits per heavy atom. The van der Waals surface area contributed by atoms with Crippen LogP contribution in [0.4, 0.5) is 5.69 Å². The summed E-state index contributed by atoms with van der Waals surface area (Å²) < 4.78 is 18.6. The van der Waals surface area contributed by atoms with Crippen LogP contribution in [0.3, 0.4) is 0 Å². The van der Waals surface area contributed by atoms with Crippen LogP contribution < -0.4 is 20.3 Å². The fraction of sp³-hybridized carbons (Fsp3) is 0.0625. The van der Waals surface area contributed by atoms with E-state index in [2.05, 4.69) is 10.4 Å². The molecular formula is C32H24N4O5. The first-order valence-corrected chi connectivity index (χ1v) is 12.8. The molecule has 0 bridgehead atoms. The quantitative estimate of drug-likeness (QED) is 0.246. The monoisotopic (exact) mass is 544 g/mol. The molecular weight excluding hydrogens is 520 g/mol. The van der Waals surface area contributed by atoms with E-state index in [0.29, 0.717) is 45.0 Å². The number of benzene rings is 4. The second kappa shape index (κ2) is 11.2. The molecule has 2 aromatic heterocycles. The number of aromatic nitrogens is 2. The van der Waals surface area contributed by atoms with Crippen molar-refractivity contribution in [2.45, 2.75) is 0 Å². The second-order valence-corrected chi connectivity index (χ2v) is 9.04. The molecule has 2 heterocycles. The number of carbonyl (C=O) groups is 1. The first-order chi connectivity index (χ1) is 20.1. The third kappa shape index (κ3) is 5.28. The molecule has 0 saturated heterocycles. The molecule has 202 valence electrons. The highest BCUT2D eigenvalue weighted by Gasteiger charge is 2.18. The van der Waals surface area contributed by atoms with Gasteiger partial charge in [-0.2, -0.15) is 9.78 Å². The smallest absolute Gasteiger partial charge is 0.282 e. The molecule has 1 N–H and O–H groups in total. The molecule has 9 nitrogen and oxygen atoms in total. The Hall–Kier alpha value is -5.70. The zero-order valence-corrected chi connectivity index (χ0v) is 22.0.